The Labute approximate surface area is 141 Å². The fourth-order valence-corrected chi connectivity index (χ4v) is 2.39. The van der Waals surface area contributed by atoms with Crippen LogP contribution in [0, 0.1) is 6.92 Å². The van der Waals surface area contributed by atoms with Gasteiger partial charge in [0.1, 0.15) is 17.1 Å². The van der Waals surface area contributed by atoms with Gasteiger partial charge in [-0.3, -0.25) is 0 Å². The van der Waals surface area contributed by atoms with Gasteiger partial charge in [0.15, 0.2) is 0 Å². The van der Waals surface area contributed by atoms with E-state index in [9.17, 15) is 15.0 Å². The molecular formula is C19H23NO4. The van der Waals surface area contributed by atoms with Gasteiger partial charge in [-0.25, -0.2) is 4.79 Å². The molecule has 0 aliphatic carbocycles. The van der Waals surface area contributed by atoms with E-state index in [0.29, 0.717) is 21.9 Å². The average Bonchev–Trinajstić information content (AvgIpc) is 2.50. The molecule has 0 unspecified atom stereocenters. The maximum absolute atomic E-state index is 11.6. The third-order valence-electron chi connectivity index (χ3n) is 3.50. The largest absolute Gasteiger partial charge is 0.507 e. The summed E-state index contributed by atoms with van der Waals surface area (Å²) < 4.78 is 5.14. The van der Waals surface area contributed by atoms with E-state index in [2.05, 4.69) is 5.32 Å². The molecule has 0 heterocycles. The minimum absolute atomic E-state index is 0.106. The molecule has 3 N–H and O–H groups in total. The SMILES string of the molecule is Cc1c(/C=C/CNC(=O)OC(C)(C)C)c(O)c2ccccc2c1O. The lowest BCUT2D eigenvalue weighted by atomic mass is 9.98. The van der Waals surface area contributed by atoms with Crippen LogP contribution in [0.4, 0.5) is 4.79 Å². The first-order valence-electron chi connectivity index (χ1n) is 7.77. The van der Waals surface area contributed by atoms with Crippen LogP contribution in [-0.2, 0) is 4.74 Å². The van der Waals surface area contributed by atoms with Crippen LogP contribution in [0.3, 0.4) is 0 Å². The molecule has 0 fully saturated rings. The number of aromatic hydroxyl groups is 2. The van der Waals surface area contributed by atoms with Crippen molar-refractivity contribution < 1.29 is 19.7 Å². The molecule has 1 amide bonds. The topological polar surface area (TPSA) is 78.8 Å². The van der Waals surface area contributed by atoms with Gasteiger partial charge in [0.05, 0.1) is 0 Å². The predicted molar refractivity (Wildman–Crippen MR) is 95.3 cm³/mol. The summed E-state index contributed by atoms with van der Waals surface area (Å²) in [6.07, 6.45) is 2.86. The van der Waals surface area contributed by atoms with Crippen LogP contribution in [0.25, 0.3) is 16.8 Å². The van der Waals surface area contributed by atoms with E-state index in [1.54, 1.807) is 64.1 Å². The van der Waals surface area contributed by atoms with Crippen molar-refractivity contribution in [3.63, 3.8) is 0 Å². The Morgan fingerprint density at radius 3 is 2.33 bits per heavy atom. The van der Waals surface area contributed by atoms with E-state index in [1.807, 2.05) is 0 Å². The Morgan fingerprint density at radius 2 is 1.75 bits per heavy atom. The molecule has 0 saturated carbocycles. The molecule has 5 heteroatoms. The molecule has 2 aromatic rings. The van der Waals surface area contributed by atoms with Gasteiger partial charge < -0.3 is 20.3 Å². The van der Waals surface area contributed by atoms with E-state index in [1.165, 1.54) is 0 Å². The quantitative estimate of drug-likeness (QED) is 0.741. The minimum atomic E-state index is -0.549. The highest BCUT2D eigenvalue weighted by Gasteiger charge is 2.15. The zero-order chi connectivity index (χ0) is 17.9. The second kappa shape index (κ2) is 6.83. The van der Waals surface area contributed by atoms with Crippen LogP contribution < -0.4 is 5.32 Å². The zero-order valence-corrected chi connectivity index (χ0v) is 14.4. The maximum atomic E-state index is 11.6. The van der Waals surface area contributed by atoms with Crippen molar-refractivity contribution in [2.75, 3.05) is 6.54 Å². The van der Waals surface area contributed by atoms with Crippen molar-refractivity contribution in [3.05, 3.63) is 41.5 Å². The summed E-state index contributed by atoms with van der Waals surface area (Å²) in [5.41, 5.74) is 0.559. The van der Waals surface area contributed by atoms with Gasteiger partial charge in [-0.15, -0.1) is 0 Å². The molecular weight excluding hydrogens is 306 g/mol. The van der Waals surface area contributed by atoms with E-state index >= 15 is 0 Å². The maximum Gasteiger partial charge on any atom is 0.407 e. The lowest BCUT2D eigenvalue weighted by molar-refractivity contribution is 0.0534. The van der Waals surface area contributed by atoms with Crippen molar-refractivity contribution in [2.24, 2.45) is 0 Å². The van der Waals surface area contributed by atoms with Gasteiger partial charge >= 0.3 is 6.09 Å². The fourth-order valence-electron chi connectivity index (χ4n) is 2.39. The number of phenolic OH excluding ortho intramolecular Hbond substituents is 2. The molecule has 2 aromatic carbocycles. The van der Waals surface area contributed by atoms with Crippen LogP contribution in [0.15, 0.2) is 30.3 Å². The molecule has 0 aromatic heterocycles. The van der Waals surface area contributed by atoms with Gasteiger partial charge in [0.2, 0.25) is 0 Å². The lowest BCUT2D eigenvalue weighted by Crippen LogP contribution is -2.32. The highest BCUT2D eigenvalue weighted by Crippen LogP contribution is 2.39. The summed E-state index contributed by atoms with van der Waals surface area (Å²) in [4.78, 5) is 11.6. The van der Waals surface area contributed by atoms with Gasteiger partial charge in [-0.05, 0) is 27.7 Å². The summed E-state index contributed by atoms with van der Waals surface area (Å²) in [5.74, 6) is 0.248. The normalized spacial score (nSPS) is 11.8. The number of hydrogen-bond donors (Lipinski definition) is 3. The van der Waals surface area contributed by atoms with E-state index < -0.39 is 11.7 Å². The fraction of sp³-hybridized carbons (Fsp3) is 0.316. The second-order valence-electron chi connectivity index (χ2n) is 6.57. The molecule has 0 radical (unpaired) electrons. The van der Waals surface area contributed by atoms with Crippen LogP contribution in [0.1, 0.15) is 31.9 Å². The Hall–Kier alpha value is -2.69. The third-order valence-corrected chi connectivity index (χ3v) is 3.50. The van der Waals surface area contributed by atoms with Gasteiger partial charge in [-0.2, -0.15) is 0 Å². The van der Waals surface area contributed by atoms with E-state index in [-0.39, 0.29) is 18.0 Å². The number of fused-ring (bicyclic) bond motifs is 1. The Morgan fingerprint density at radius 1 is 1.17 bits per heavy atom. The Kier molecular flexibility index (Phi) is 5.02. The number of amides is 1. The van der Waals surface area contributed by atoms with Crippen molar-refractivity contribution in [3.8, 4) is 11.5 Å². The second-order valence-corrected chi connectivity index (χ2v) is 6.57. The first-order valence-corrected chi connectivity index (χ1v) is 7.77. The zero-order valence-electron chi connectivity index (χ0n) is 14.4. The van der Waals surface area contributed by atoms with Gasteiger partial charge in [-0.1, -0.05) is 36.4 Å². The Bertz CT molecular complexity index is 788. The van der Waals surface area contributed by atoms with Crippen LogP contribution in [0.2, 0.25) is 0 Å². The van der Waals surface area contributed by atoms with Crippen LogP contribution >= 0.6 is 0 Å². The van der Waals surface area contributed by atoms with Gasteiger partial charge in [0, 0.05) is 28.4 Å². The monoisotopic (exact) mass is 329 g/mol. The number of benzene rings is 2. The molecule has 128 valence electrons. The standard InChI is InChI=1S/C19H23NO4/c1-12-13(10-7-11-20-18(23)24-19(2,3)4)17(22)15-9-6-5-8-14(15)16(12)21/h5-10,21-22H,11H2,1-4H3,(H,20,23)/b10-7+. The first-order chi connectivity index (χ1) is 11.2. The number of rotatable bonds is 3. The Balaban J connectivity index is 2.17. The number of nitrogens with one attached hydrogen (secondary N) is 1. The smallest absolute Gasteiger partial charge is 0.407 e. The first kappa shape index (κ1) is 17.7. The summed E-state index contributed by atoms with van der Waals surface area (Å²) in [6, 6.07) is 7.12. The molecule has 24 heavy (non-hydrogen) atoms. The molecule has 0 bridgehead atoms. The number of carbonyl (C=O) groups is 1. The molecule has 0 atom stereocenters. The highest BCUT2D eigenvalue weighted by atomic mass is 16.6. The number of alkyl carbamates (subject to hydrolysis) is 1. The summed E-state index contributed by atoms with van der Waals surface area (Å²) in [5, 5.41) is 24.5. The number of hydrogen-bond acceptors (Lipinski definition) is 4. The summed E-state index contributed by atoms with van der Waals surface area (Å²) in [6.45, 7) is 7.37. The van der Waals surface area contributed by atoms with E-state index in [4.69, 9.17) is 4.74 Å². The highest BCUT2D eigenvalue weighted by molar-refractivity contribution is 5.97. The molecule has 0 aliphatic rings. The number of phenols is 2. The van der Waals surface area contributed by atoms with Crippen molar-refractivity contribution in [1.82, 2.24) is 5.32 Å². The number of ether oxygens (including phenoxy) is 1. The number of carbonyl (C=O) groups excluding carboxylic acids is 1. The van der Waals surface area contributed by atoms with Crippen molar-refractivity contribution in [2.45, 2.75) is 33.3 Å². The molecule has 0 saturated heterocycles. The molecule has 0 aliphatic heterocycles. The predicted octanol–water partition coefficient (Wildman–Crippen LogP) is 4.10. The van der Waals surface area contributed by atoms with Crippen LogP contribution in [-0.4, -0.2) is 28.5 Å². The summed E-state index contributed by atoms with van der Waals surface area (Å²) >= 11 is 0. The van der Waals surface area contributed by atoms with Gasteiger partial charge in [0.25, 0.3) is 0 Å². The average molecular weight is 329 g/mol. The molecule has 2 rings (SSSR count). The lowest BCUT2D eigenvalue weighted by Gasteiger charge is -2.19. The molecule has 5 nitrogen and oxygen atoms in total. The molecule has 0 spiro atoms. The van der Waals surface area contributed by atoms with Crippen molar-refractivity contribution in [1.29, 1.82) is 0 Å². The minimum Gasteiger partial charge on any atom is -0.507 e. The van der Waals surface area contributed by atoms with Crippen LogP contribution in [0.5, 0.6) is 11.5 Å². The van der Waals surface area contributed by atoms with Crippen molar-refractivity contribution >= 4 is 22.9 Å². The summed E-state index contributed by atoms with van der Waals surface area (Å²) in [7, 11) is 0. The third kappa shape index (κ3) is 3.98. The van der Waals surface area contributed by atoms with E-state index in [0.717, 1.165) is 0 Å².